The Morgan fingerprint density at radius 3 is 2.21 bits per heavy atom. The van der Waals surface area contributed by atoms with E-state index in [0.717, 1.165) is 11.3 Å². The van der Waals surface area contributed by atoms with Crippen LogP contribution in [0, 0.1) is 17.0 Å². The lowest BCUT2D eigenvalue weighted by atomic mass is 10.2. The molecule has 2 N–H and O–H groups in total. The van der Waals surface area contributed by atoms with Crippen molar-refractivity contribution in [2.75, 3.05) is 41.4 Å². The lowest BCUT2D eigenvalue weighted by Crippen LogP contribution is -2.47. The topological polar surface area (TPSA) is 134 Å². The number of sulfonamides is 1. The second-order valence-corrected chi connectivity index (χ2v) is 9.19. The number of rotatable bonds is 7. The van der Waals surface area contributed by atoms with Crippen LogP contribution < -0.4 is 20.1 Å². The minimum absolute atomic E-state index is 0.0227. The predicted molar refractivity (Wildman–Crippen MR) is 125 cm³/mol. The number of anilines is 3. The SMILES string of the molecule is Cc1ccc(S(=O)(=O)NNc2ncnc(N3CCN(c4ccccc4)CC3)c2[N+](=O)[O-])cc1. The molecule has 2 heterocycles. The van der Waals surface area contributed by atoms with Crippen LogP contribution in [0.25, 0.3) is 0 Å². The maximum absolute atomic E-state index is 12.6. The van der Waals surface area contributed by atoms with E-state index in [1.54, 1.807) is 17.0 Å². The zero-order valence-electron chi connectivity index (χ0n) is 17.9. The van der Waals surface area contributed by atoms with Crippen molar-refractivity contribution in [3.05, 3.63) is 76.6 Å². The quantitative estimate of drug-likeness (QED) is 0.395. The lowest BCUT2D eigenvalue weighted by Gasteiger charge is -2.36. The van der Waals surface area contributed by atoms with Crippen LogP contribution in [0.3, 0.4) is 0 Å². The summed E-state index contributed by atoms with van der Waals surface area (Å²) in [5, 5.41) is 11.9. The third-order valence-corrected chi connectivity index (χ3v) is 6.58. The standard InChI is InChI=1S/C21H23N7O4S/c1-16-7-9-18(10-8-16)33(31,32)25-24-20-19(28(29)30)21(23-15-22-20)27-13-11-26(12-14-27)17-5-3-2-4-6-17/h2-10,15,25H,11-14H2,1H3,(H,22,23,24). The van der Waals surface area contributed by atoms with E-state index in [9.17, 15) is 18.5 Å². The van der Waals surface area contributed by atoms with Gasteiger partial charge in [-0.3, -0.25) is 15.5 Å². The number of aromatic nitrogens is 2. The van der Waals surface area contributed by atoms with Crippen molar-refractivity contribution in [1.82, 2.24) is 14.8 Å². The number of aryl methyl sites for hydroxylation is 1. The third-order valence-electron chi connectivity index (χ3n) is 5.32. The highest BCUT2D eigenvalue weighted by Gasteiger charge is 2.30. The molecule has 1 aliphatic rings. The van der Waals surface area contributed by atoms with Gasteiger partial charge in [0.2, 0.25) is 11.6 Å². The molecule has 4 rings (SSSR count). The molecule has 0 radical (unpaired) electrons. The maximum atomic E-state index is 12.6. The van der Waals surface area contributed by atoms with E-state index in [2.05, 4.69) is 25.1 Å². The van der Waals surface area contributed by atoms with Crippen LogP contribution in [-0.4, -0.2) is 49.5 Å². The van der Waals surface area contributed by atoms with E-state index >= 15 is 0 Å². The van der Waals surface area contributed by atoms with Crippen LogP contribution in [0.2, 0.25) is 0 Å². The van der Waals surface area contributed by atoms with Gasteiger partial charge in [-0.25, -0.2) is 18.4 Å². The number of benzene rings is 2. The molecule has 11 nitrogen and oxygen atoms in total. The van der Waals surface area contributed by atoms with Gasteiger partial charge in [-0.2, -0.15) is 0 Å². The van der Waals surface area contributed by atoms with Gasteiger partial charge < -0.3 is 9.80 Å². The average Bonchev–Trinajstić information content (AvgIpc) is 2.83. The third kappa shape index (κ3) is 5.02. The van der Waals surface area contributed by atoms with Crippen LogP contribution in [-0.2, 0) is 10.0 Å². The number of para-hydroxylation sites is 1. The van der Waals surface area contributed by atoms with Gasteiger partial charge in [0.25, 0.3) is 10.0 Å². The number of hydrazine groups is 1. The summed E-state index contributed by atoms with van der Waals surface area (Å²) in [6, 6.07) is 16.1. The Balaban J connectivity index is 1.52. The molecule has 1 fully saturated rings. The molecule has 0 amide bonds. The summed E-state index contributed by atoms with van der Waals surface area (Å²) in [5.74, 6) is -0.0917. The largest absolute Gasteiger partial charge is 0.368 e. The fraction of sp³-hybridized carbons (Fsp3) is 0.238. The molecule has 12 heteroatoms. The van der Waals surface area contributed by atoms with Crippen LogP contribution in [0.15, 0.2) is 65.8 Å². The van der Waals surface area contributed by atoms with Gasteiger partial charge in [0, 0.05) is 31.9 Å². The molecule has 1 saturated heterocycles. The summed E-state index contributed by atoms with van der Waals surface area (Å²) in [6.45, 7) is 4.19. The summed E-state index contributed by atoms with van der Waals surface area (Å²) in [4.78, 5) is 25.5. The predicted octanol–water partition coefficient (Wildman–Crippen LogP) is 2.33. The first-order chi connectivity index (χ1) is 15.8. The molecule has 1 aromatic heterocycles. The molecule has 0 bridgehead atoms. The molecular formula is C21H23N7O4S. The van der Waals surface area contributed by atoms with Gasteiger partial charge in [-0.15, -0.1) is 4.83 Å². The number of hydrogen-bond donors (Lipinski definition) is 2. The van der Waals surface area contributed by atoms with E-state index in [1.165, 1.54) is 18.5 Å². The van der Waals surface area contributed by atoms with Crippen molar-refractivity contribution < 1.29 is 13.3 Å². The van der Waals surface area contributed by atoms with E-state index < -0.39 is 20.6 Å². The summed E-state index contributed by atoms with van der Waals surface area (Å²) in [6.07, 6.45) is 1.18. The van der Waals surface area contributed by atoms with Crippen LogP contribution in [0.1, 0.15) is 5.56 Å². The Labute approximate surface area is 191 Å². The fourth-order valence-corrected chi connectivity index (χ4v) is 4.41. The van der Waals surface area contributed by atoms with Gasteiger partial charge in [-0.05, 0) is 31.2 Å². The summed E-state index contributed by atoms with van der Waals surface area (Å²) < 4.78 is 25.1. The highest BCUT2D eigenvalue weighted by Crippen LogP contribution is 2.32. The van der Waals surface area contributed by atoms with Gasteiger partial charge in [0.05, 0.1) is 9.82 Å². The number of nitrogens with one attached hydrogen (secondary N) is 2. The molecule has 3 aromatic rings. The Morgan fingerprint density at radius 1 is 0.939 bits per heavy atom. The normalized spacial score (nSPS) is 14.2. The van der Waals surface area contributed by atoms with Crippen molar-refractivity contribution in [2.24, 2.45) is 0 Å². The first-order valence-corrected chi connectivity index (χ1v) is 11.7. The molecule has 0 spiro atoms. The Bertz CT molecular complexity index is 1230. The average molecular weight is 470 g/mol. The van der Waals surface area contributed by atoms with E-state index in [4.69, 9.17) is 0 Å². The van der Waals surface area contributed by atoms with Crippen LogP contribution in [0.4, 0.5) is 23.0 Å². The smallest absolute Gasteiger partial charge is 0.354 e. The second-order valence-electron chi connectivity index (χ2n) is 7.50. The second kappa shape index (κ2) is 9.38. The first-order valence-electron chi connectivity index (χ1n) is 10.2. The van der Waals surface area contributed by atoms with Crippen LogP contribution >= 0.6 is 0 Å². The maximum Gasteiger partial charge on any atom is 0.354 e. The minimum Gasteiger partial charge on any atom is -0.368 e. The first kappa shape index (κ1) is 22.4. The zero-order chi connectivity index (χ0) is 23.4. The Kier molecular flexibility index (Phi) is 6.38. The van der Waals surface area contributed by atoms with Crippen molar-refractivity contribution in [3.63, 3.8) is 0 Å². The number of piperazine rings is 1. The van der Waals surface area contributed by atoms with Crippen molar-refractivity contribution >= 4 is 33.0 Å². The zero-order valence-corrected chi connectivity index (χ0v) is 18.7. The summed E-state index contributed by atoms with van der Waals surface area (Å²) >= 11 is 0. The van der Waals surface area contributed by atoms with Gasteiger partial charge >= 0.3 is 5.69 Å². The van der Waals surface area contributed by atoms with Crippen LogP contribution in [0.5, 0.6) is 0 Å². The van der Waals surface area contributed by atoms with Gasteiger partial charge in [0.1, 0.15) is 6.33 Å². The molecule has 0 atom stereocenters. The highest BCUT2D eigenvalue weighted by atomic mass is 32.2. The van der Waals surface area contributed by atoms with E-state index in [1.807, 2.05) is 37.3 Å². The molecule has 2 aromatic carbocycles. The van der Waals surface area contributed by atoms with E-state index in [0.29, 0.717) is 26.2 Å². The minimum atomic E-state index is -3.96. The van der Waals surface area contributed by atoms with E-state index in [-0.39, 0.29) is 16.5 Å². The number of hydrogen-bond acceptors (Lipinski definition) is 9. The lowest BCUT2D eigenvalue weighted by molar-refractivity contribution is -0.383. The molecule has 1 aliphatic heterocycles. The highest BCUT2D eigenvalue weighted by molar-refractivity contribution is 7.89. The number of nitro groups is 1. The Morgan fingerprint density at radius 2 is 1.58 bits per heavy atom. The van der Waals surface area contributed by atoms with Crippen molar-refractivity contribution in [3.8, 4) is 0 Å². The molecular weight excluding hydrogens is 446 g/mol. The van der Waals surface area contributed by atoms with Gasteiger partial charge in [-0.1, -0.05) is 35.9 Å². The van der Waals surface area contributed by atoms with Crippen molar-refractivity contribution in [1.29, 1.82) is 0 Å². The molecule has 33 heavy (non-hydrogen) atoms. The Hall–Kier alpha value is -3.77. The molecule has 0 saturated carbocycles. The molecule has 0 aliphatic carbocycles. The van der Waals surface area contributed by atoms with Crippen molar-refractivity contribution in [2.45, 2.75) is 11.8 Å². The molecule has 0 unspecified atom stereocenters. The fourth-order valence-electron chi connectivity index (χ4n) is 3.57. The van der Waals surface area contributed by atoms with Gasteiger partial charge in [0.15, 0.2) is 0 Å². The monoisotopic (exact) mass is 469 g/mol. The summed E-state index contributed by atoms with van der Waals surface area (Å²) in [7, 11) is -3.96. The summed E-state index contributed by atoms with van der Waals surface area (Å²) in [5.41, 5.74) is 4.00. The molecule has 172 valence electrons. The number of nitrogens with zero attached hydrogens (tertiary/aromatic N) is 5.